The van der Waals surface area contributed by atoms with Gasteiger partial charge in [-0.15, -0.1) is 8.58 Å². The average molecular weight is 200 g/mol. The summed E-state index contributed by atoms with van der Waals surface area (Å²) < 4.78 is 0. The van der Waals surface area contributed by atoms with Gasteiger partial charge in [-0.2, -0.15) is 0 Å². The van der Waals surface area contributed by atoms with Gasteiger partial charge in [0.2, 0.25) is 0 Å². The van der Waals surface area contributed by atoms with E-state index < -0.39 is 0 Å². The van der Waals surface area contributed by atoms with Crippen LogP contribution in [0.25, 0.3) is 0 Å². The fraction of sp³-hybridized carbons (Fsp3) is 1.00. The Bertz CT molecular complexity index is 144. The molecule has 1 aliphatic rings. The maximum Gasteiger partial charge on any atom is -0.0232 e. The molecule has 0 aliphatic heterocycles. The second-order valence-corrected chi connectivity index (χ2v) is 7.02. The minimum Gasteiger partial charge on any atom is -0.116 e. The highest BCUT2D eigenvalue weighted by Gasteiger charge is 2.24. The summed E-state index contributed by atoms with van der Waals surface area (Å²) in [6.45, 7) is 9.60. The van der Waals surface area contributed by atoms with E-state index in [0.717, 1.165) is 23.2 Å². The highest BCUT2D eigenvalue weighted by atomic mass is 31.1. The Morgan fingerprint density at radius 1 is 1.31 bits per heavy atom. The third kappa shape index (κ3) is 3.58. The van der Waals surface area contributed by atoms with Crippen molar-refractivity contribution < 1.29 is 0 Å². The van der Waals surface area contributed by atoms with Crippen molar-refractivity contribution in [1.82, 2.24) is 0 Å². The molecule has 1 rings (SSSR count). The van der Waals surface area contributed by atoms with Crippen LogP contribution in [0.4, 0.5) is 0 Å². The van der Waals surface area contributed by atoms with Crippen molar-refractivity contribution in [3.63, 3.8) is 0 Å². The van der Waals surface area contributed by atoms with E-state index in [-0.39, 0.29) is 0 Å². The van der Waals surface area contributed by atoms with Crippen molar-refractivity contribution in [3.05, 3.63) is 0 Å². The van der Waals surface area contributed by atoms with E-state index in [1.54, 1.807) is 0 Å². The zero-order valence-electron chi connectivity index (χ0n) is 9.64. The van der Waals surface area contributed by atoms with Gasteiger partial charge < -0.3 is 0 Å². The van der Waals surface area contributed by atoms with Crippen LogP contribution >= 0.6 is 8.58 Å². The molecule has 1 aliphatic carbocycles. The lowest BCUT2D eigenvalue weighted by Gasteiger charge is -2.22. The first-order valence-corrected chi connectivity index (χ1v) is 7.05. The van der Waals surface area contributed by atoms with Gasteiger partial charge in [0.25, 0.3) is 0 Å². The zero-order valence-corrected chi connectivity index (χ0v) is 10.6. The van der Waals surface area contributed by atoms with Gasteiger partial charge >= 0.3 is 0 Å². The van der Waals surface area contributed by atoms with E-state index in [1.807, 2.05) is 0 Å². The third-order valence-corrected chi connectivity index (χ3v) is 5.78. The average Bonchev–Trinajstić information content (AvgIpc) is 2.49. The van der Waals surface area contributed by atoms with Crippen LogP contribution in [0, 0.1) is 11.8 Å². The lowest BCUT2D eigenvalue weighted by atomic mass is 10.1. The molecule has 13 heavy (non-hydrogen) atoms. The van der Waals surface area contributed by atoms with E-state index in [4.69, 9.17) is 0 Å². The summed E-state index contributed by atoms with van der Waals surface area (Å²) >= 11 is 0. The maximum atomic E-state index is 2.45. The third-order valence-electron chi connectivity index (χ3n) is 3.69. The first kappa shape index (κ1) is 11.5. The van der Waals surface area contributed by atoms with Crippen LogP contribution in [0.1, 0.15) is 53.4 Å². The van der Waals surface area contributed by atoms with Gasteiger partial charge in [0.15, 0.2) is 0 Å². The van der Waals surface area contributed by atoms with Crippen molar-refractivity contribution in [1.29, 1.82) is 0 Å². The van der Waals surface area contributed by atoms with Crippen LogP contribution in [0.15, 0.2) is 0 Å². The molecule has 5 unspecified atom stereocenters. The molecule has 0 aromatic rings. The van der Waals surface area contributed by atoms with Crippen molar-refractivity contribution in [3.8, 4) is 0 Å². The van der Waals surface area contributed by atoms with Crippen LogP contribution in [-0.4, -0.2) is 11.3 Å². The van der Waals surface area contributed by atoms with Gasteiger partial charge in [-0.25, -0.2) is 0 Å². The van der Waals surface area contributed by atoms with Crippen molar-refractivity contribution in [2.45, 2.75) is 64.7 Å². The molecule has 1 heteroatoms. The van der Waals surface area contributed by atoms with Gasteiger partial charge in [-0.3, -0.25) is 0 Å². The summed E-state index contributed by atoms with van der Waals surface area (Å²) in [6.07, 6.45) is 5.88. The number of rotatable bonds is 4. The van der Waals surface area contributed by atoms with Gasteiger partial charge in [-0.1, -0.05) is 40.5 Å². The molecule has 0 heterocycles. The molecule has 0 amide bonds. The fourth-order valence-electron chi connectivity index (χ4n) is 2.25. The summed E-state index contributed by atoms with van der Waals surface area (Å²) in [5, 5.41) is 0. The van der Waals surface area contributed by atoms with E-state index in [1.165, 1.54) is 34.3 Å². The number of hydrogen-bond acceptors (Lipinski definition) is 0. The molecular formula is C12H25P. The van der Waals surface area contributed by atoms with E-state index in [2.05, 4.69) is 27.7 Å². The molecule has 0 aromatic carbocycles. The molecule has 78 valence electrons. The summed E-state index contributed by atoms with van der Waals surface area (Å²) in [4.78, 5) is 0. The topological polar surface area (TPSA) is 0 Å². The smallest absolute Gasteiger partial charge is 0.0232 e. The zero-order chi connectivity index (χ0) is 9.84. The predicted octanol–water partition coefficient (Wildman–Crippen LogP) is 4.29. The second-order valence-electron chi connectivity index (χ2n) is 4.96. The van der Waals surface area contributed by atoms with Crippen LogP contribution < -0.4 is 0 Å². The molecule has 0 N–H and O–H groups in total. The lowest BCUT2D eigenvalue weighted by Crippen LogP contribution is -2.11. The molecular weight excluding hydrogens is 175 g/mol. The van der Waals surface area contributed by atoms with Crippen LogP contribution in [-0.2, 0) is 0 Å². The lowest BCUT2D eigenvalue weighted by molar-refractivity contribution is 0.551. The largest absolute Gasteiger partial charge is 0.116 e. The quantitative estimate of drug-likeness (QED) is 0.594. The number of hydrogen-bond donors (Lipinski definition) is 0. The molecule has 5 atom stereocenters. The Hall–Kier alpha value is 0.430. The van der Waals surface area contributed by atoms with E-state index in [0.29, 0.717) is 0 Å². The highest BCUT2D eigenvalue weighted by Crippen LogP contribution is 2.42. The minimum absolute atomic E-state index is 0.939. The summed E-state index contributed by atoms with van der Waals surface area (Å²) in [5.74, 6) is 1.95. The van der Waals surface area contributed by atoms with Crippen LogP contribution in [0.5, 0.6) is 0 Å². The summed E-state index contributed by atoms with van der Waals surface area (Å²) in [7, 11) is 1.23. The summed E-state index contributed by atoms with van der Waals surface area (Å²) in [5.41, 5.74) is 2.05. The van der Waals surface area contributed by atoms with E-state index >= 15 is 0 Å². The van der Waals surface area contributed by atoms with Crippen molar-refractivity contribution in [2.24, 2.45) is 11.8 Å². The fourth-order valence-corrected chi connectivity index (χ4v) is 4.43. The molecule has 0 aromatic heterocycles. The van der Waals surface area contributed by atoms with Gasteiger partial charge in [-0.05, 0) is 36.0 Å². The molecule has 0 bridgehead atoms. The Morgan fingerprint density at radius 2 is 2.00 bits per heavy atom. The molecule has 1 fully saturated rings. The van der Waals surface area contributed by atoms with Crippen LogP contribution in [0.2, 0.25) is 0 Å². The van der Waals surface area contributed by atoms with Crippen LogP contribution in [0.3, 0.4) is 0 Å². The first-order valence-electron chi connectivity index (χ1n) is 5.89. The molecule has 1 saturated carbocycles. The normalized spacial score (nSPS) is 34.2. The standard InChI is InChI=1S/C12H25P/c1-5-10(3)11(4)13-12-7-6-9(2)8-12/h9-13H,5-8H2,1-4H3. The van der Waals surface area contributed by atoms with Gasteiger partial charge in [0.1, 0.15) is 0 Å². The van der Waals surface area contributed by atoms with Crippen molar-refractivity contribution in [2.75, 3.05) is 0 Å². The molecule has 0 spiro atoms. The Kier molecular flexibility index (Phi) is 4.73. The molecule has 0 nitrogen and oxygen atoms in total. The van der Waals surface area contributed by atoms with Crippen molar-refractivity contribution >= 4 is 8.58 Å². The summed E-state index contributed by atoms with van der Waals surface area (Å²) in [6, 6.07) is 0. The predicted molar refractivity (Wildman–Crippen MR) is 64.0 cm³/mol. The monoisotopic (exact) mass is 200 g/mol. The maximum absolute atomic E-state index is 2.45. The van der Waals surface area contributed by atoms with Gasteiger partial charge in [0.05, 0.1) is 0 Å². The Labute approximate surface area is 85.7 Å². The molecule has 0 radical (unpaired) electrons. The van der Waals surface area contributed by atoms with E-state index in [9.17, 15) is 0 Å². The Balaban J connectivity index is 2.24. The van der Waals surface area contributed by atoms with Gasteiger partial charge in [0, 0.05) is 0 Å². The molecule has 0 saturated heterocycles. The SMILES string of the molecule is CCC(C)C(C)PC1CCC(C)C1. The second kappa shape index (κ2) is 5.35. The Morgan fingerprint density at radius 3 is 2.46 bits per heavy atom. The first-order chi connectivity index (χ1) is 6.13. The minimum atomic E-state index is 0.939. The highest BCUT2D eigenvalue weighted by molar-refractivity contribution is 7.39.